The van der Waals surface area contributed by atoms with Crippen LogP contribution in [0.2, 0.25) is 0 Å². The molecule has 0 radical (unpaired) electrons. The van der Waals surface area contributed by atoms with Crippen LogP contribution in [0.25, 0.3) is 0 Å². The molecular formula is C16H23NO. The predicted molar refractivity (Wildman–Crippen MR) is 73.7 cm³/mol. The van der Waals surface area contributed by atoms with Crippen molar-refractivity contribution < 1.29 is 5.11 Å². The molecule has 1 aromatic carbocycles. The van der Waals surface area contributed by atoms with Crippen LogP contribution in [0.15, 0.2) is 18.2 Å². The zero-order valence-corrected chi connectivity index (χ0v) is 11.2. The maximum absolute atomic E-state index is 9.77. The SMILES string of the molecule is C[C@]12CCCCC[C@H](Cc3ccc(O)cc31)[C@@H]2N. The Labute approximate surface area is 109 Å². The molecule has 0 aliphatic heterocycles. The van der Waals surface area contributed by atoms with Gasteiger partial charge in [-0.2, -0.15) is 0 Å². The third-order valence-electron chi connectivity index (χ3n) is 5.21. The first-order valence-electron chi connectivity index (χ1n) is 7.19. The quantitative estimate of drug-likeness (QED) is 0.737. The number of phenols is 1. The monoisotopic (exact) mass is 245 g/mol. The summed E-state index contributed by atoms with van der Waals surface area (Å²) in [5.41, 5.74) is 9.33. The van der Waals surface area contributed by atoms with Crippen LogP contribution < -0.4 is 5.73 Å². The van der Waals surface area contributed by atoms with Crippen molar-refractivity contribution >= 4 is 0 Å². The van der Waals surface area contributed by atoms with E-state index in [0.717, 1.165) is 12.8 Å². The highest BCUT2D eigenvalue weighted by Gasteiger charge is 2.43. The van der Waals surface area contributed by atoms with Crippen LogP contribution in [0.1, 0.15) is 50.2 Å². The van der Waals surface area contributed by atoms with E-state index in [2.05, 4.69) is 13.0 Å². The minimum atomic E-state index is 0.0530. The number of fused-ring (bicyclic) bond motifs is 4. The fourth-order valence-electron chi connectivity index (χ4n) is 4.04. The molecule has 98 valence electrons. The summed E-state index contributed by atoms with van der Waals surface area (Å²) in [6.07, 6.45) is 7.41. The van der Waals surface area contributed by atoms with Gasteiger partial charge in [0.15, 0.2) is 0 Å². The van der Waals surface area contributed by atoms with Gasteiger partial charge >= 0.3 is 0 Å². The molecule has 0 spiro atoms. The van der Waals surface area contributed by atoms with Crippen LogP contribution in [-0.4, -0.2) is 11.1 Å². The van der Waals surface area contributed by atoms with E-state index in [1.807, 2.05) is 12.1 Å². The molecule has 1 fully saturated rings. The molecule has 2 bridgehead atoms. The topological polar surface area (TPSA) is 46.2 Å². The molecule has 3 N–H and O–H groups in total. The van der Waals surface area contributed by atoms with Crippen molar-refractivity contribution in [3.8, 4) is 5.75 Å². The highest BCUT2D eigenvalue weighted by molar-refractivity contribution is 5.43. The van der Waals surface area contributed by atoms with E-state index < -0.39 is 0 Å². The minimum Gasteiger partial charge on any atom is -0.508 e. The molecular weight excluding hydrogens is 222 g/mol. The lowest BCUT2D eigenvalue weighted by atomic mass is 9.60. The Bertz CT molecular complexity index is 456. The number of hydrogen-bond acceptors (Lipinski definition) is 2. The normalized spacial score (nSPS) is 35.4. The lowest BCUT2D eigenvalue weighted by Crippen LogP contribution is -2.52. The summed E-state index contributed by atoms with van der Waals surface area (Å²) in [4.78, 5) is 0. The summed E-state index contributed by atoms with van der Waals surface area (Å²) in [7, 11) is 0. The summed E-state index contributed by atoms with van der Waals surface area (Å²) in [5.74, 6) is 0.995. The summed E-state index contributed by atoms with van der Waals surface area (Å²) in [5, 5.41) is 9.77. The van der Waals surface area contributed by atoms with Gasteiger partial charge in [-0.1, -0.05) is 32.3 Å². The molecule has 18 heavy (non-hydrogen) atoms. The average molecular weight is 245 g/mol. The van der Waals surface area contributed by atoms with Gasteiger partial charge in [-0.05, 0) is 48.4 Å². The number of benzene rings is 1. The van der Waals surface area contributed by atoms with Gasteiger partial charge in [0, 0.05) is 11.5 Å². The molecule has 0 amide bonds. The van der Waals surface area contributed by atoms with Crippen molar-refractivity contribution in [3.63, 3.8) is 0 Å². The van der Waals surface area contributed by atoms with Gasteiger partial charge in [0.25, 0.3) is 0 Å². The number of nitrogens with two attached hydrogens (primary N) is 1. The molecule has 0 saturated heterocycles. The van der Waals surface area contributed by atoms with E-state index in [-0.39, 0.29) is 11.5 Å². The Morgan fingerprint density at radius 1 is 1.28 bits per heavy atom. The number of phenolic OH excluding ortho intramolecular Hbond substituents is 1. The summed E-state index contributed by atoms with van der Waals surface area (Å²) < 4.78 is 0. The van der Waals surface area contributed by atoms with Crippen LogP contribution >= 0.6 is 0 Å². The van der Waals surface area contributed by atoms with Crippen LogP contribution in [0, 0.1) is 5.92 Å². The third-order valence-corrected chi connectivity index (χ3v) is 5.21. The molecule has 3 atom stereocenters. The summed E-state index contributed by atoms with van der Waals surface area (Å²) in [6.45, 7) is 2.30. The molecule has 3 rings (SSSR count). The van der Waals surface area contributed by atoms with Crippen LogP contribution in [0.5, 0.6) is 5.75 Å². The maximum atomic E-state index is 9.77. The van der Waals surface area contributed by atoms with Crippen molar-refractivity contribution in [2.75, 3.05) is 0 Å². The Hall–Kier alpha value is -1.02. The van der Waals surface area contributed by atoms with E-state index in [1.54, 1.807) is 0 Å². The molecule has 1 saturated carbocycles. The first-order valence-corrected chi connectivity index (χ1v) is 7.19. The predicted octanol–water partition coefficient (Wildman–Crippen LogP) is 3.11. The Kier molecular flexibility index (Phi) is 2.86. The van der Waals surface area contributed by atoms with E-state index in [1.165, 1.54) is 36.8 Å². The molecule has 2 aliphatic carbocycles. The van der Waals surface area contributed by atoms with E-state index in [4.69, 9.17) is 5.73 Å². The highest BCUT2D eigenvalue weighted by atomic mass is 16.3. The lowest BCUT2D eigenvalue weighted by Gasteiger charge is -2.47. The molecule has 2 heteroatoms. The smallest absolute Gasteiger partial charge is 0.115 e. The van der Waals surface area contributed by atoms with Gasteiger partial charge < -0.3 is 10.8 Å². The van der Waals surface area contributed by atoms with Crippen molar-refractivity contribution in [1.82, 2.24) is 0 Å². The first kappa shape index (κ1) is 12.0. The lowest BCUT2D eigenvalue weighted by molar-refractivity contribution is 0.201. The van der Waals surface area contributed by atoms with Gasteiger partial charge in [-0.15, -0.1) is 0 Å². The van der Waals surface area contributed by atoms with Crippen molar-refractivity contribution in [2.24, 2.45) is 11.7 Å². The van der Waals surface area contributed by atoms with Gasteiger partial charge in [0.05, 0.1) is 0 Å². The van der Waals surface area contributed by atoms with Crippen molar-refractivity contribution in [3.05, 3.63) is 29.3 Å². The minimum absolute atomic E-state index is 0.0530. The van der Waals surface area contributed by atoms with Gasteiger partial charge in [-0.3, -0.25) is 0 Å². The second-order valence-corrected chi connectivity index (χ2v) is 6.35. The average Bonchev–Trinajstić information content (AvgIpc) is 2.35. The van der Waals surface area contributed by atoms with E-state index in [9.17, 15) is 5.11 Å². The Morgan fingerprint density at radius 3 is 2.94 bits per heavy atom. The Morgan fingerprint density at radius 2 is 2.11 bits per heavy atom. The maximum Gasteiger partial charge on any atom is 0.115 e. The molecule has 0 heterocycles. The van der Waals surface area contributed by atoms with Crippen molar-refractivity contribution in [2.45, 2.75) is 56.9 Å². The third kappa shape index (κ3) is 1.74. The van der Waals surface area contributed by atoms with Crippen molar-refractivity contribution in [1.29, 1.82) is 0 Å². The second kappa shape index (κ2) is 4.27. The number of rotatable bonds is 0. The molecule has 1 aromatic rings. The largest absolute Gasteiger partial charge is 0.508 e. The fraction of sp³-hybridized carbons (Fsp3) is 0.625. The summed E-state index contributed by atoms with van der Waals surface area (Å²) >= 11 is 0. The number of aromatic hydroxyl groups is 1. The zero-order chi connectivity index (χ0) is 12.8. The highest BCUT2D eigenvalue weighted by Crippen LogP contribution is 2.46. The fourth-order valence-corrected chi connectivity index (χ4v) is 4.04. The number of hydrogen-bond donors (Lipinski definition) is 2. The van der Waals surface area contributed by atoms with Crippen LogP contribution in [-0.2, 0) is 11.8 Å². The first-order chi connectivity index (χ1) is 8.61. The molecule has 2 aliphatic rings. The molecule has 2 nitrogen and oxygen atoms in total. The zero-order valence-electron chi connectivity index (χ0n) is 11.2. The molecule has 0 unspecified atom stereocenters. The Balaban J connectivity index is 2.11. The van der Waals surface area contributed by atoms with E-state index >= 15 is 0 Å². The van der Waals surface area contributed by atoms with Crippen LogP contribution in [0.3, 0.4) is 0 Å². The standard InChI is InChI=1S/C16H23NO/c1-16-8-4-2-3-5-12(15(16)17)9-11-6-7-13(18)10-14(11)16/h6-7,10,12,15,18H,2-5,8-9,17H2,1H3/t12-,15+,16+/m1/s1. The summed E-state index contributed by atoms with van der Waals surface area (Å²) in [6, 6.07) is 6.11. The molecule has 0 aromatic heterocycles. The second-order valence-electron chi connectivity index (χ2n) is 6.35. The van der Waals surface area contributed by atoms with Crippen LogP contribution in [0.4, 0.5) is 0 Å². The van der Waals surface area contributed by atoms with E-state index in [0.29, 0.717) is 11.7 Å². The van der Waals surface area contributed by atoms with Gasteiger partial charge in [-0.25, -0.2) is 0 Å². The van der Waals surface area contributed by atoms with Gasteiger partial charge in [0.2, 0.25) is 0 Å². The van der Waals surface area contributed by atoms with Gasteiger partial charge in [0.1, 0.15) is 5.75 Å².